The number of halogens is 1. The van der Waals surface area contributed by atoms with E-state index >= 15 is 0 Å². The van der Waals surface area contributed by atoms with E-state index in [1.807, 2.05) is 49.4 Å². The molecule has 1 amide bonds. The van der Waals surface area contributed by atoms with Crippen molar-refractivity contribution in [2.24, 2.45) is 0 Å². The Balaban J connectivity index is 1.59. The average molecular weight is 374 g/mol. The van der Waals surface area contributed by atoms with Crippen molar-refractivity contribution < 1.29 is 9.18 Å². The molecule has 1 unspecified atom stereocenters. The Kier molecular flexibility index (Phi) is 4.61. The SMILES string of the molecule is Cc1c(C(=O)NC(C)c2cccc3ccccc23)nnn1-c1ccc(F)cc1. The fraction of sp³-hybridized carbons (Fsp3) is 0.136. The fourth-order valence-electron chi connectivity index (χ4n) is 3.34. The van der Waals surface area contributed by atoms with Gasteiger partial charge >= 0.3 is 0 Å². The summed E-state index contributed by atoms with van der Waals surface area (Å²) >= 11 is 0. The maximum Gasteiger partial charge on any atom is 0.274 e. The van der Waals surface area contributed by atoms with Crippen LogP contribution in [0.5, 0.6) is 0 Å². The van der Waals surface area contributed by atoms with Gasteiger partial charge in [0.05, 0.1) is 17.4 Å². The minimum atomic E-state index is -0.330. The largest absolute Gasteiger partial charge is 0.344 e. The molecule has 1 heterocycles. The fourth-order valence-corrected chi connectivity index (χ4v) is 3.34. The Morgan fingerprint density at radius 2 is 1.75 bits per heavy atom. The van der Waals surface area contributed by atoms with Gasteiger partial charge in [-0.1, -0.05) is 47.7 Å². The second-order valence-electron chi connectivity index (χ2n) is 6.68. The standard InChI is InChI=1S/C22H19FN4O/c1-14(19-9-5-7-16-6-3-4-8-20(16)19)24-22(28)21-15(2)27(26-25-21)18-12-10-17(23)11-13-18/h3-14H,1-2H3,(H,24,28). The van der Waals surface area contributed by atoms with Gasteiger partial charge in [-0.15, -0.1) is 5.10 Å². The van der Waals surface area contributed by atoms with Crippen LogP contribution in [0.2, 0.25) is 0 Å². The van der Waals surface area contributed by atoms with E-state index in [1.165, 1.54) is 16.8 Å². The summed E-state index contributed by atoms with van der Waals surface area (Å²) in [4.78, 5) is 12.8. The maximum atomic E-state index is 13.1. The first-order chi connectivity index (χ1) is 13.5. The third kappa shape index (κ3) is 3.24. The van der Waals surface area contributed by atoms with Gasteiger partial charge in [0.15, 0.2) is 5.69 Å². The lowest BCUT2D eigenvalue weighted by atomic mass is 9.99. The highest BCUT2D eigenvalue weighted by molar-refractivity contribution is 5.94. The van der Waals surface area contributed by atoms with Gasteiger partial charge in [0.2, 0.25) is 0 Å². The quantitative estimate of drug-likeness (QED) is 0.577. The van der Waals surface area contributed by atoms with E-state index in [-0.39, 0.29) is 23.5 Å². The first-order valence-electron chi connectivity index (χ1n) is 9.01. The molecule has 140 valence electrons. The lowest BCUT2D eigenvalue weighted by molar-refractivity contribution is 0.0934. The zero-order valence-corrected chi connectivity index (χ0v) is 15.6. The molecule has 5 nitrogen and oxygen atoms in total. The summed E-state index contributed by atoms with van der Waals surface area (Å²) < 4.78 is 14.7. The summed E-state index contributed by atoms with van der Waals surface area (Å²) in [6, 6.07) is 19.8. The molecule has 0 bridgehead atoms. The van der Waals surface area contributed by atoms with Crippen LogP contribution in [0.15, 0.2) is 66.7 Å². The van der Waals surface area contributed by atoms with Crippen LogP contribution in [-0.2, 0) is 0 Å². The van der Waals surface area contributed by atoms with Gasteiger partial charge in [-0.05, 0) is 54.4 Å². The number of hydrogen-bond donors (Lipinski definition) is 1. The molecule has 0 fully saturated rings. The number of benzene rings is 3. The van der Waals surface area contributed by atoms with Crippen LogP contribution in [-0.4, -0.2) is 20.9 Å². The van der Waals surface area contributed by atoms with Crippen molar-refractivity contribution in [3.05, 3.63) is 89.5 Å². The van der Waals surface area contributed by atoms with Gasteiger partial charge < -0.3 is 5.32 Å². The Bertz CT molecular complexity index is 1150. The zero-order valence-electron chi connectivity index (χ0n) is 15.6. The van der Waals surface area contributed by atoms with Crippen LogP contribution < -0.4 is 5.32 Å². The molecule has 4 aromatic rings. The number of nitrogens with zero attached hydrogens (tertiary/aromatic N) is 3. The molecule has 0 saturated heterocycles. The first-order valence-corrected chi connectivity index (χ1v) is 9.01. The van der Waals surface area contributed by atoms with Gasteiger partial charge in [-0.25, -0.2) is 9.07 Å². The number of nitrogens with one attached hydrogen (secondary N) is 1. The third-order valence-electron chi connectivity index (χ3n) is 4.82. The molecule has 0 saturated carbocycles. The van der Waals surface area contributed by atoms with E-state index in [4.69, 9.17) is 0 Å². The molecule has 4 rings (SSSR count). The molecule has 0 aliphatic heterocycles. The van der Waals surface area contributed by atoms with Crippen LogP contribution in [0, 0.1) is 12.7 Å². The number of rotatable bonds is 4. The number of hydrogen-bond acceptors (Lipinski definition) is 3. The summed E-state index contributed by atoms with van der Waals surface area (Å²) in [5.74, 6) is -0.630. The molecule has 3 aromatic carbocycles. The lowest BCUT2D eigenvalue weighted by Crippen LogP contribution is -2.27. The molecular formula is C22H19FN4O. The average Bonchev–Trinajstić information content (AvgIpc) is 3.09. The molecule has 1 N–H and O–H groups in total. The highest BCUT2D eigenvalue weighted by Gasteiger charge is 2.20. The molecule has 0 aliphatic rings. The van der Waals surface area contributed by atoms with Crippen molar-refractivity contribution in [3.63, 3.8) is 0 Å². The predicted molar refractivity (Wildman–Crippen MR) is 106 cm³/mol. The van der Waals surface area contributed by atoms with Gasteiger partial charge in [0, 0.05) is 0 Å². The molecule has 1 aromatic heterocycles. The lowest BCUT2D eigenvalue weighted by Gasteiger charge is -2.16. The molecule has 6 heteroatoms. The number of amides is 1. The Morgan fingerprint density at radius 3 is 2.54 bits per heavy atom. The molecule has 1 atom stereocenters. The van der Waals surface area contributed by atoms with Crippen molar-refractivity contribution in [2.45, 2.75) is 19.9 Å². The van der Waals surface area contributed by atoms with Crippen LogP contribution in [0.25, 0.3) is 16.5 Å². The van der Waals surface area contributed by atoms with Crippen molar-refractivity contribution >= 4 is 16.7 Å². The van der Waals surface area contributed by atoms with Crippen LogP contribution >= 0.6 is 0 Å². The van der Waals surface area contributed by atoms with E-state index in [2.05, 4.69) is 15.6 Å². The monoisotopic (exact) mass is 374 g/mol. The van der Waals surface area contributed by atoms with Crippen LogP contribution in [0.1, 0.15) is 34.7 Å². The van der Waals surface area contributed by atoms with E-state index in [0.29, 0.717) is 11.4 Å². The topological polar surface area (TPSA) is 59.8 Å². The Hall–Kier alpha value is -3.54. The van der Waals surface area contributed by atoms with Crippen molar-refractivity contribution in [1.82, 2.24) is 20.3 Å². The van der Waals surface area contributed by atoms with Crippen molar-refractivity contribution in [1.29, 1.82) is 0 Å². The highest BCUT2D eigenvalue weighted by Crippen LogP contribution is 2.24. The minimum absolute atomic E-state index is 0.200. The van der Waals surface area contributed by atoms with Crippen molar-refractivity contribution in [3.8, 4) is 5.69 Å². The van der Waals surface area contributed by atoms with E-state index < -0.39 is 0 Å². The number of carbonyl (C=O) groups is 1. The van der Waals surface area contributed by atoms with Gasteiger partial charge in [-0.2, -0.15) is 0 Å². The van der Waals surface area contributed by atoms with E-state index in [1.54, 1.807) is 19.1 Å². The molecule has 0 radical (unpaired) electrons. The smallest absolute Gasteiger partial charge is 0.274 e. The van der Waals surface area contributed by atoms with Crippen molar-refractivity contribution in [2.75, 3.05) is 0 Å². The summed E-state index contributed by atoms with van der Waals surface area (Å²) in [5.41, 5.74) is 2.52. The van der Waals surface area contributed by atoms with Crippen LogP contribution in [0.4, 0.5) is 4.39 Å². The summed E-state index contributed by atoms with van der Waals surface area (Å²) in [5, 5.41) is 13.3. The number of fused-ring (bicyclic) bond motifs is 1. The second-order valence-corrected chi connectivity index (χ2v) is 6.68. The third-order valence-corrected chi connectivity index (χ3v) is 4.82. The molecule has 28 heavy (non-hydrogen) atoms. The summed E-state index contributed by atoms with van der Waals surface area (Å²) in [7, 11) is 0. The molecule has 0 aliphatic carbocycles. The zero-order chi connectivity index (χ0) is 19.7. The van der Waals surface area contributed by atoms with E-state index in [9.17, 15) is 9.18 Å². The normalized spacial score (nSPS) is 12.1. The maximum absolute atomic E-state index is 13.1. The van der Waals surface area contributed by atoms with Gasteiger partial charge in [-0.3, -0.25) is 4.79 Å². The number of carbonyl (C=O) groups excluding carboxylic acids is 1. The second kappa shape index (κ2) is 7.23. The summed E-state index contributed by atoms with van der Waals surface area (Å²) in [6.07, 6.45) is 0. The van der Waals surface area contributed by atoms with Crippen LogP contribution in [0.3, 0.4) is 0 Å². The molecule has 0 spiro atoms. The Labute approximate surface area is 161 Å². The van der Waals surface area contributed by atoms with Gasteiger partial charge in [0.1, 0.15) is 5.82 Å². The highest BCUT2D eigenvalue weighted by atomic mass is 19.1. The molecular weight excluding hydrogens is 355 g/mol. The predicted octanol–water partition coefficient (Wildman–Crippen LogP) is 4.36. The minimum Gasteiger partial charge on any atom is -0.344 e. The Morgan fingerprint density at radius 1 is 1.04 bits per heavy atom. The van der Waals surface area contributed by atoms with E-state index in [0.717, 1.165) is 16.3 Å². The van der Waals surface area contributed by atoms with Gasteiger partial charge in [0.25, 0.3) is 5.91 Å². The first kappa shape index (κ1) is 17.9. The summed E-state index contributed by atoms with van der Waals surface area (Å²) in [6.45, 7) is 3.71. The number of aromatic nitrogens is 3.